The summed E-state index contributed by atoms with van der Waals surface area (Å²) in [5, 5.41) is 3.68. The highest BCUT2D eigenvalue weighted by atomic mass is 14.9. The molecule has 0 amide bonds. The van der Waals surface area contributed by atoms with Gasteiger partial charge in [0.1, 0.15) is 0 Å². The minimum Gasteiger partial charge on any atom is -0.312 e. The predicted octanol–water partition coefficient (Wildman–Crippen LogP) is 3.98. The van der Waals surface area contributed by atoms with Gasteiger partial charge >= 0.3 is 0 Å². The lowest BCUT2D eigenvalue weighted by molar-refractivity contribution is 0.265. The minimum absolute atomic E-state index is 0.282. The van der Waals surface area contributed by atoms with E-state index in [0.29, 0.717) is 0 Å². The largest absolute Gasteiger partial charge is 0.312 e. The molecule has 0 aromatic heterocycles. The van der Waals surface area contributed by atoms with Crippen LogP contribution >= 0.6 is 0 Å². The Kier molecular flexibility index (Phi) is 5.11. The standard InChI is InChI=1S/C14H29N/c1-5-12-9-7-6-8-10-13(12)11-15-14(2,3)4/h12-13,15H,5-11H2,1-4H3. The third-order valence-corrected chi connectivity index (χ3v) is 3.74. The van der Waals surface area contributed by atoms with E-state index in [1.54, 1.807) is 0 Å². The van der Waals surface area contributed by atoms with Gasteiger partial charge in [-0.05, 0) is 45.6 Å². The molecule has 1 N–H and O–H groups in total. The summed E-state index contributed by atoms with van der Waals surface area (Å²) in [5.41, 5.74) is 0.282. The molecular weight excluding hydrogens is 182 g/mol. The number of rotatable bonds is 3. The molecule has 2 unspecified atom stereocenters. The van der Waals surface area contributed by atoms with Crippen LogP contribution in [0.15, 0.2) is 0 Å². The van der Waals surface area contributed by atoms with E-state index in [0.717, 1.165) is 11.8 Å². The Labute approximate surface area is 96.0 Å². The van der Waals surface area contributed by atoms with Crippen molar-refractivity contribution in [2.45, 2.75) is 71.8 Å². The molecule has 1 fully saturated rings. The molecule has 0 aromatic carbocycles. The average molecular weight is 211 g/mol. The van der Waals surface area contributed by atoms with E-state index < -0.39 is 0 Å². The SMILES string of the molecule is CCC1CCCCCC1CNC(C)(C)C. The zero-order chi connectivity index (χ0) is 11.3. The lowest BCUT2D eigenvalue weighted by atomic mass is 9.85. The van der Waals surface area contributed by atoms with Gasteiger partial charge in [0, 0.05) is 5.54 Å². The normalized spacial score (nSPS) is 28.8. The van der Waals surface area contributed by atoms with E-state index in [4.69, 9.17) is 0 Å². The molecule has 0 saturated heterocycles. The Bertz CT molecular complexity index is 169. The van der Waals surface area contributed by atoms with Crippen molar-refractivity contribution in [2.24, 2.45) is 11.8 Å². The zero-order valence-electron chi connectivity index (χ0n) is 11.1. The van der Waals surface area contributed by atoms with E-state index in [2.05, 4.69) is 33.0 Å². The Morgan fingerprint density at radius 1 is 1.00 bits per heavy atom. The van der Waals surface area contributed by atoms with Crippen molar-refractivity contribution in [3.8, 4) is 0 Å². The molecule has 15 heavy (non-hydrogen) atoms. The molecule has 0 aliphatic heterocycles. The summed E-state index contributed by atoms with van der Waals surface area (Å²) in [6.45, 7) is 10.4. The molecule has 90 valence electrons. The Balaban J connectivity index is 2.41. The van der Waals surface area contributed by atoms with E-state index in [1.165, 1.54) is 45.1 Å². The lowest BCUT2D eigenvalue weighted by Gasteiger charge is -2.29. The molecular formula is C14H29N. The second-order valence-corrected chi connectivity index (χ2v) is 6.20. The number of nitrogens with one attached hydrogen (secondary N) is 1. The molecule has 0 heterocycles. The predicted molar refractivity (Wildman–Crippen MR) is 68.1 cm³/mol. The van der Waals surface area contributed by atoms with Crippen LogP contribution in [0.3, 0.4) is 0 Å². The topological polar surface area (TPSA) is 12.0 Å². The van der Waals surface area contributed by atoms with Gasteiger partial charge in [-0.25, -0.2) is 0 Å². The molecule has 1 heteroatoms. The Hall–Kier alpha value is -0.0400. The molecule has 1 saturated carbocycles. The van der Waals surface area contributed by atoms with Crippen LogP contribution in [0.2, 0.25) is 0 Å². The van der Waals surface area contributed by atoms with Crippen molar-refractivity contribution in [3.63, 3.8) is 0 Å². The van der Waals surface area contributed by atoms with Crippen molar-refractivity contribution in [1.82, 2.24) is 5.32 Å². The van der Waals surface area contributed by atoms with Gasteiger partial charge < -0.3 is 5.32 Å². The van der Waals surface area contributed by atoms with Gasteiger partial charge in [0.15, 0.2) is 0 Å². The van der Waals surface area contributed by atoms with Crippen LogP contribution in [0.1, 0.15) is 66.2 Å². The molecule has 0 radical (unpaired) electrons. The highest BCUT2D eigenvalue weighted by molar-refractivity contribution is 4.78. The van der Waals surface area contributed by atoms with Gasteiger partial charge in [0.25, 0.3) is 0 Å². The number of hydrogen-bond donors (Lipinski definition) is 1. The fourth-order valence-electron chi connectivity index (χ4n) is 2.70. The second-order valence-electron chi connectivity index (χ2n) is 6.20. The number of hydrogen-bond acceptors (Lipinski definition) is 1. The van der Waals surface area contributed by atoms with Gasteiger partial charge in [-0.3, -0.25) is 0 Å². The van der Waals surface area contributed by atoms with E-state index in [-0.39, 0.29) is 5.54 Å². The minimum atomic E-state index is 0.282. The maximum atomic E-state index is 3.68. The van der Waals surface area contributed by atoms with Crippen molar-refractivity contribution >= 4 is 0 Å². The average Bonchev–Trinajstić information content (AvgIpc) is 2.37. The first-order valence-corrected chi connectivity index (χ1v) is 6.78. The quantitative estimate of drug-likeness (QED) is 0.696. The summed E-state index contributed by atoms with van der Waals surface area (Å²) in [6, 6.07) is 0. The van der Waals surface area contributed by atoms with Gasteiger partial charge in [0.2, 0.25) is 0 Å². The summed E-state index contributed by atoms with van der Waals surface area (Å²) in [6.07, 6.45) is 8.66. The molecule has 0 aromatic rings. The first kappa shape index (κ1) is 13.0. The monoisotopic (exact) mass is 211 g/mol. The van der Waals surface area contributed by atoms with E-state index in [1.807, 2.05) is 0 Å². The molecule has 0 spiro atoms. The first-order chi connectivity index (χ1) is 7.03. The maximum absolute atomic E-state index is 3.68. The van der Waals surface area contributed by atoms with E-state index >= 15 is 0 Å². The van der Waals surface area contributed by atoms with Crippen LogP contribution in [0.5, 0.6) is 0 Å². The Morgan fingerprint density at radius 3 is 2.13 bits per heavy atom. The third kappa shape index (κ3) is 5.01. The van der Waals surface area contributed by atoms with Crippen LogP contribution in [0, 0.1) is 11.8 Å². The molecule has 0 bridgehead atoms. The lowest BCUT2D eigenvalue weighted by Crippen LogP contribution is -2.40. The molecule has 1 aliphatic rings. The van der Waals surface area contributed by atoms with Crippen LogP contribution in [0.25, 0.3) is 0 Å². The fourth-order valence-corrected chi connectivity index (χ4v) is 2.70. The van der Waals surface area contributed by atoms with Crippen LogP contribution in [0.4, 0.5) is 0 Å². The van der Waals surface area contributed by atoms with Gasteiger partial charge in [-0.2, -0.15) is 0 Å². The highest BCUT2D eigenvalue weighted by Gasteiger charge is 2.23. The summed E-state index contributed by atoms with van der Waals surface area (Å²) in [4.78, 5) is 0. The van der Waals surface area contributed by atoms with Gasteiger partial charge in [-0.1, -0.05) is 39.0 Å². The van der Waals surface area contributed by atoms with E-state index in [9.17, 15) is 0 Å². The Morgan fingerprint density at radius 2 is 1.60 bits per heavy atom. The van der Waals surface area contributed by atoms with Crippen molar-refractivity contribution < 1.29 is 0 Å². The summed E-state index contributed by atoms with van der Waals surface area (Å²) >= 11 is 0. The zero-order valence-corrected chi connectivity index (χ0v) is 11.1. The molecule has 1 nitrogen and oxygen atoms in total. The fraction of sp³-hybridized carbons (Fsp3) is 1.00. The van der Waals surface area contributed by atoms with Crippen molar-refractivity contribution in [1.29, 1.82) is 0 Å². The summed E-state index contributed by atoms with van der Waals surface area (Å²) < 4.78 is 0. The van der Waals surface area contributed by atoms with Crippen molar-refractivity contribution in [2.75, 3.05) is 6.54 Å². The van der Waals surface area contributed by atoms with Crippen molar-refractivity contribution in [3.05, 3.63) is 0 Å². The molecule has 1 rings (SSSR count). The maximum Gasteiger partial charge on any atom is 0.00966 e. The highest BCUT2D eigenvalue weighted by Crippen LogP contribution is 2.30. The van der Waals surface area contributed by atoms with Gasteiger partial charge in [-0.15, -0.1) is 0 Å². The summed E-state index contributed by atoms with van der Waals surface area (Å²) in [7, 11) is 0. The summed E-state index contributed by atoms with van der Waals surface area (Å²) in [5.74, 6) is 1.90. The van der Waals surface area contributed by atoms with Gasteiger partial charge in [0.05, 0.1) is 0 Å². The second kappa shape index (κ2) is 5.89. The van der Waals surface area contributed by atoms with Crippen LogP contribution in [-0.2, 0) is 0 Å². The smallest absolute Gasteiger partial charge is 0.00966 e. The third-order valence-electron chi connectivity index (χ3n) is 3.74. The van der Waals surface area contributed by atoms with Crippen LogP contribution < -0.4 is 5.32 Å². The molecule has 2 atom stereocenters. The molecule has 1 aliphatic carbocycles. The van der Waals surface area contributed by atoms with Crippen LogP contribution in [-0.4, -0.2) is 12.1 Å². The first-order valence-electron chi connectivity index (χ1n) is 6.78.